The molecule has 1 aromatic rings. The smallest absolute Gasteiger partial charge is 0.163 e. The van der Waals surface area contributed by atoms with Crippen LogP contribution in [0.1, 0.15) is 25.8 Å². The Morgan fingerprint density at radius 2 is 2.00 bits per heavy atom. The van der Waals surface area contributed by atoms with E-state index in [1.165, 1.54) is 0 Å². The fourth-order valence-corrected chi connectivity index (χ4v) is 2.49. The van der Waals surface area contributed by atoms with Crippen molar-refractivity contribution in [3.05, 3.63) is 35.9 Å². The Morgan fingerprint density at radius 3 is 2.71 bits per heavy atom. The average Bonchev–Trinajstić information content (AvgIpc) is 3.06. The van der Waals surface area contributed by atoms with Crippen molar-refractivity contribution in [2.24, 2.45) is 5.16 Å². The zero-order chi connectivity index (χ0) is 14.7. The molecular formula is C16H21NO4. The highest BCUT2D eigenvalue weighted by molar-refractivity contribution is 5.86. The summed E-state index contributed by atoms with van der Waals surface area (Å²) in [5.74, 6) is -0.527. The van der Waals surface area contributed by atoms with Crippen LogP contribution in [0, 0.1) is 0 Å². The van der Waals surface area contributed by atoms with Gasteiger partial charge >= 0.3 is 0 Å². The molecule has 0 aromatic heterocycles. The first-order valence-corrected chi connectivity index (χ1v) is 7.27. The average molecular weight is 291 g/mol. The van der Waals surface area contributed by atoms with Crippen molar-refractivity contribution in [1.29, 1.82) is 0 Å². The largest absolute Gasteiger partial charge is 0.389 e. The lowest BCUT2D eigenvalue weighted by atomic mass is 10.1. The second-order valence-corrected chi connectivity index (χ2v) is 5.85. The Bertz CT molecular complexity index is 500. The van der Waals surface area contributed by atoms with Gasteiger partial charge in [0.1, 0.15) is 6.10 Å². The lowest BCUT2D eigenvalue weighted by molar-refractivity contribution is -0.153. The van der Waals surface area contributed by atoms with Crippen LogP contribution in [0.15, 0.2) is 35.5 Å². The van der Waals surface area contributed by atoms with Crippen LogP contribution in [-0.2, 0) is 25.7 Å². The molecule has 0 aliphatic carbocycles. The van der Waals surface area contributed by atoms with Crippen molar-refractivity contribution in [3.8, 4) is 0 Å². The molecule has 5 nitrogen and oxygen atoms in total. The minimum absolute atomic E-state index is 0.0598. The van der Waals surface area contributed by atoms with E-state index in [2.05, 4.69) is 5.16 Å². The number of hydrogen-bond acceptors (Lipinski definition) is 5. The van der Waals surface area contributed by atoms with E-state index in [-0.39, 0.29) is 12.2 Å². The maximum atomic E-state index is 5.79. The first-order valence-electron chi connectivity index (χ1n) is 7.27. The highest BCUT2D eigenvalue weighted by Gasteiger charge is 2.40. The summed E-state index contributed by atoms with van der Waals surface area (Å²) in [6.07, 6.45) is 0.608. The summed E-state index contributed by atoms with van der Waals surface area (Å²) in [4.78, 5) is 5.45. The van der Waals surface area contributed by atoms with Gasteiger partial charge in [-0.15, -0.1) is 0 Å². The number of benzene rings is 1. The third-order valence-electron chi connectivity index (χ3n) is 3.58. The van der Waals surface area contributed by atoms with Crippen LogP contribution < -0.4 is 0 Å². The summed E-state index contributed by atoms with van der Waals surface area (Å²) in [6, 6.07) is 10.1. The molecule has 21 heavy (non-hydrogen) atoms. The summed E-state index contributed by atoms with van der Waals surface area (Å²) >= 11 is 0. The van der Waals surface area contributed by atoms with E-state index in [0.717, 1.165) is 17.7 Å². The monoisotopic (exact) mass is 291 g/mol. The highest BCUT2D eigenvalue weighted by Crippen LogP contribution is 2.28. The van der Waals surface area contributed by atoms with Gasteiger partial charge in [0.05, 0.1) is 25.5 Å². The maximum Gasteiger partial charge on any atom is 0.163 e. The van der Waals surface area contributed by atoms with Crippen LogP contribution in [0.2, 0.25) is 0 Å². The van der Waals surface area contributed by atoms with E-state index < -0.39 is 5.79 Å². The van der Waals surface area contributed by atoms with Crippen LogP contribution in [0.5, 0.6) is 0 Å². The molecule has 2 atom stereocenters. The molecule has 0 amide bonds. The molecule has 0 unspecified atom stereocenters. The molecule has 0 saturated carbocycles. The SMILES string of the molecule is CC1(C)OC[C@H]([C@H]2CC(COCc3ccccc3)=NO2)O1. The highest BCUT2D eigenvalue weighted by atomic mass is 16.8. The Kier molecular flexibility index (Phi) is 4.24. The lowest BCUT2D eigenvalue weighted by Crippen LogP contribution is -2.31. The minimum Gasteiger partial charge on any atom is -0.389 e. The van der Waals surface area contributed by atoms with Gasteiger partial charge < -0.3 is 19.0 Å². The number of ether oxygens (including phenoxy) is 3. The van der Waals surface area contributed by atoms with Crippen molar-refractivity contribution in [3.63, 3.8) is 0 Å². The predicted molar refractivity (Wildman–Crippen MR) is 77.9 cm³/mol. The molecule has 3 rings (SSSR count). The van der Waals surface area contributed by atoms with Crippen LogP contribution in [-0.4, -0.2) is 36.9 Å². The van der Waals surface area contributed by atoms with E-state index in [9.17, 15) is 0 Å². The van der Waals surface area contributed by atoms with Crippen molar-refractivity contribution >= 4 is 5.71 Å². The Morgan fingerprint density at radius 1 is 1.19 bits per heavy atom. The molecule has 1 fully saturated rings. The van der Waals surface area contributed by atoms with E-state index in [1.54, 1.807) is 0 Å². The zero-order valence-electron chi connectivity index (χ0n) is 12.5. The molecule has 1 saturated heterocycles. The second kappa shape index (κ2) is 6.13. The molecule has 114 valence electrons. The summed E-state index contributed by atoms with van der Waals surface area (Å²) < 4.78 is 17.0. The molecular weight excluding hydrogens is 270 g/mol. The standard InChI is InChI=1S/C16H21NO4/c1-16(2)19-11-15(20-16)14-8-13(17-21-14)10-18-9-12-6-4-3-5-7-12/h3-7,14-15H,8-11H2,1-2H3/t14-,15-/m1/s1. The molecule has 2 aliphatic rings. The van der Waals surface area contributed by atoms with Crippen molar-refractivity contribution in [2.45, 2.75) is 44.9 Å². The number of nitrogens with zero attached hydrogens (tertiary/aromatic N) is 1. The van der Waals surface area contributed by atoms with Crippen LogP contribution in [0.25, 0.3) is 0 Å². The molecule has 2 heterocycles. The van der Waals surface area contributed by atoms with E-state index in [0.29, 0.717) is 19.8 Å². The summed E-state index contributed by atoms with van der Waals surface area (Å²) in [6.45, 7) is 5.44. The second-order valence-electron chi connectivity index (χ2n) is 5.85. The molecule has 0 radical (unpaired) electrons. The van der Waals surface area contributed by atoms with Gasteiger partial charge in [-0.25, -0.2) is 0 Å². The summed E-state index contributed by atoms with van der Waals surface area (Å²) in [7, 11) is 0. The van der Waals surface area contributed by atoms with E-state index in [1.807, 2.05) is 44.2 Å². The topological polar surface area (TPSA) is 49.3 Å². The predicted octanol–water partition coefficient (Wildman–Crippen LogP) is 2.50. The molecule has 0 bridgehead atoms. The van der Waals surface area contributed by atoms with E-state index in [4.69, 9.17) is 19.0 Å². The van der Waals surface area contributed by atoms with Gasteiger partial charge in [0, 0.05) is 6.42 Å². The summed E-state index contributed by atoms with van der Waals surface area (Å²) in [5.41, 5.74) is 2.08. The Balaban J connectivity index is 1.41. The fraction of sp³-hybridized carbons (Fsp3) is 0.562. The minimum atomic E-state index is -0.527. The van der Waals surface area contributed by atoms with Gasteiger partial charge in [-0.05, 0) is 19.4 Å². The first-order chi connectivity index (χ1) is 10.1. The van der Waals surface area contributed by atoms with Crippen molar-refractivity contribution in [2.75, 3.05) is 13.2 Å². The Labute approximate surface area is 124 Å². The van der Waals surface area contributed by atoms with Crippen LogP contribution in [0.3, 0.4) is 0 Å². The van der Waals surface area contributed by atoms with Crippen molar-refractivity contribution in [1.82, 2.24) is 0 Å². The van der Waals surface area contributed by atoms with Crippen molar-refractivity contribution < 1.29 is 19.0 Å². The van der Waals surface area contributed by atoms with Gasteiger partial charge in [-0.1, -0.05) is 35.5 Å². The van der Waals surface area contributed by atoms with Crippen LogP contribution >= 0.6 is 0 Å². The maximum absolute atomic E-state index is 5.79. The van der Waals surface area contributed by atoms with Gasteiger partial charge in [0.2, 0.25) is 0 Å². The van der Waals surface area contributed by atoms with Crippen LogP contribution in [0.4, 0.5) is 0 Å². The third-order valence-corrected chi connectivity index (χ3v) is 3.58. The van der Waals surface area contributed by atoms with Gasteiger partial charge in [0.15, 0.2) is 11.9 Å². The zero-order valence-corrected chi connectivity index (χ0v) is 12.5. The number of rotatable bonds is 5. The van der Waals surface area contributed by atoms with Gasteiger partial charge in [-0.2, -0.15) is 0 Å². The normalized spacial score (nSPS) is 27.4. The molecule has 0 spiro atoms. The number of hydrogen-bond donors (Lipinski definition) is 0. The Hall–Kier alpha value is -1.43. The van der Waals surface area contributed by atoms with E-state index >= 15 is 0 Å². The molecule has 5 heteroatoms. The van der Waals surface area contributed by atoms with Gasteiger partial charge in [0.25, 0.3) is 0 Å². The lowest BCUT2D eigenvalue weighted by Gasteiger charge is -2.19. The fourth-order valence-electron chi connectivity index (χ4n) is 2.49. The third kappa shape index (κ3) is 3.81. The molecule has 2 aliphatic heterocycles. The molecule has 0 N–H and O–H groups in total. The number of oxime groups is 1. The summed E-state index contributed by atoms with van der Waals surface area (Å²) in [5, 5.41) is 4.10. The quantitative estimate of drug-likeness (QED) is 0.836. The van der Waals surface area contributed by atoms with Gasteiger partial charge in [-0.3, -0.25) is 0 Å². The molecule has 1 aromatic carbocycles. The first kappa shape index (κ1) is 14.5.